The average Bonchev–Trinajstić information content (AvgIpc) is 2.63. The third kappa shape index (κ3) is 3.84. The molecule has 5 nitrogen and oxygen atoms in total. The SMILES string of the molecule is O=Cc1ccc(Oc2cccc(Oc3ccc(C=O)cc3)n2)cc1. The fourth-order valence-corrected chi connectivity index (χ4v) is 1.98. The maximum absolute atomic E-state index is 10.6. The third-order valence-electron chi connectivity index (χ3n) is 3.18. The lowest BCUT2D eigenvalue weighted by Crippen LogP contribution is -1.92. The van der Waals surface area contributed by atoms with Gasteiger partial charge in [0.25, 0.3) is 0 Å². The zero-order valence-electron chi connectivity index (χ0n) is 12.6. The third-order valence-corrected chi connectivity index (χ3v) is 3.18. The van der Waals surface area contributed by atoms with Crippen LogP contribution in [0.2, 0.25) is 0 Å². The number of carbonyl (C=O) groups excluding carboxylic acids is 2. The summed E-state index contributed by atoms with van der Waals surface area (Å²) in [7, 11) is 0. The molecule has 0 fully saturated rings. The second-order valence-corrected chi connectivity index (χ2v) is 4.89. The molecule has 118 valence electrons. The predicted octanol–water partition coefficient (Wildman–Crippen LogP) is 4.29. The number of rotatable bonds is 6. The summed E-state index contributed by atoms with van der Waals surface area (Å²) in [5.74, 6) is 1.88. The Morgan fingerprint density at radius 1 is 0.625 bits per heavy atom. The summed E-state index contributed by atoms with van der Waals surface area (Å²) < 4.78 is 11.3. The lowest BCUT2D eigenvalue weighted by Gasteiger charge is -2.08. The van der Waals surface area contributed by atoms with Crippen molar-refractivity contribution in [2.24, 2.45) is 0 Å². The van der Waals surface area contributed by atoms with Gasteiger partial charge in [-0.2, -0.15) is 4.98 Å². The number of benzene rings is 2. The Balaban J connectivity index is 1.72. The van der Waals surface area contributed by atoms with E-state index in [4.69, 9.17) is 9.47 Å². The molecule has 0 radical (unpaired) electrons. The molecular weight excluding hydrogens is 306 g/mol. The Morgan fingerprint density at radius 2 is 1.04 bits per heavy atom. The van der Waals surface area contributed by atoms with Crippen LogP contribution in [0.4, 0.5) is 0 Å². The normalized spacial score (nSPS) is 10.0. The first-order valence-corrected chi connectivity index (χ1v) is 7.20. The topological polar surface area (TPSA) is 65.5 Å². The smallest absolute Gasteiger partial charge is 0.222 e. The van der Waals surface area contributed by atoms with Crippen LogP contribution in [-0.2, 0) is 0 Å². The molecule has 0 aliphatic carbocycles. The fraction of sp³-hybridized carbons (Fsp3) is 0. The minimum atomic E-state index is 0.371. The second-order valence-electron chi connectivity index (χ2n) is 4.89. The first-order valence-electron chi connectivity index (χ1n) is 7.20. The van der Waals surface area contributed by atoms with Crippen molar-refractivity contribution in [1.29, 1.82) is 0 Å². The van der Waals surface area contributed by atoms with Crippen LogP contribution in [0.25, 0.3) is 0 Å². The molecule has 0 saturated heterocycles. The van der Waals surface area contributed by atoms with E-state index in [0.717, 1.165) is 12.6 Å². The first kappa shape index (κ1) is 15.4. The van der Waals surface area contributed by atoms with Gasteiger partial charge in [-0.05, 0) is 48.5 Å². The maximum atomic E-state index is 10.6. The van der Waals surface area contributed by atoms with E-state index in [9.17, 15) is 9.59 Å². The molecule has 0 amide bonds. The Bertz CT molecular complexity index is 773. The molecule has 3 aromatic rings. The van der Waals surface area contributed by atoms with Crippen molar-refractivity contribution in [3.05, 3.63) is 77.9 Å². The summed E-state index contributed by atoms with van der Waals surface area (Å²) in [6.07, 6.45) is 1.54. The Kier molecular flexibility index (Phi) is 4.62. The molecular formula is C19H13NO4. The standard InChI is InChI=1S/C19H13NO4/c21-12-14-4-8-16(9-5-14)23-18-2-1-3-19(20-18)24-17-10-6-15(13-22)7-11-17/h1-13H. The van der Waals surface area contributed by atoms with Gasteiger partial charge in [0.1, 0.15) is 24.1 Å². The highest BCUT2D eigenvalue weighted by Gasteiger charge is 2.03. The summed E-state index contributed by atoms with van der Waals surface area (Å²) in [5.41, 5.74) is 1.15. The Morgan fingerprint density at radius 3 is 1.42 bits per heavy atom. The molecule has 3 rings (SSSR count). The molecule has 2 aromatic carbocycles. The number of aromatic nitrogens is 1. The van der Waals surface area contributed by atoms with Crippen LogP contribution in [0.15, 0.2) is 66.7 Å². The van der Waals surface area contributed by atoms with E-state index >= 15 is 0 Å². The van der Waals surface area contributed by atoms with Gasteiger partial charge in [-0.3, -0.25) is 9.59 Å². The maximum Gasteiger partial charge on any atom is 0.222 e. The molecule has 0 aliphatic heterocycles. The Hall–Kier alpha value is -3.47. The second kappa shape index (κ2) is 7.19. The van der Waals surface area contributed by atoms with Gasteiger partial charge in [-0.25, -0.2) is 0 Å². The van der Waals surface area contributed by atoms with Crippen LogP contribution in [-0.4, -0.2) is 17.6 Å². The zero-order chi connectivity index (χ0) is 16.8. The van der Waals surface area contributed by atoms with Gasteiger partial charge in [-0.1, -0.05) is 6.07 Å². The lowest BCUT2D eigenvalue weighted by atomic mass is 10.2. The van der Waals surface area contributed by atoms with Gasteiger partial charge in [0.05, 0.1) is 0 Å². The molecule has 0 saturated carbocycles. The molecule has 0 bridgehead atoms. The van der Waals surface area contributed by atoms with Crippen molar-refractivity contribution in [3.8, 4) is 23.3 Å². The van der Waals surface area contributed by atoms with E-state index < -0.39 is 0 Å². The molecule has 0 N–H and O–H groups in total. The van der Waals surface area contributed by atoms with Crippen molar-refractivity contribution < 1.29 is 19.1 Å². The number of pyridine rings is 1. The summed E-state index contributed by atoms with van der Waals surface area (Å²) in [5, 5.41) is 0. The highest BCUT2D eigenvalue weighted by atomic mass is 16.5. The van der Waals surface area contributed by atoms with E-state index in [1.54, 1.807) is 66.7 Å². The summed E-state index contributed by atoms with van der Waals surface area (Å²) in [6.45, 7) is 0. The first-order chi connectivity index (χ1) is 11.8. The van der Waals surface area contributed by atoms with Crippen LogP contribution in [0.1, 0.15) is 20.7 Å². The van der Waals surface area contributed by atoms with Gasteiger partial charge < -0.3 is 9.47 Å². The number of hydrogen-bond acceptors (Lipinski definition) is 5. The molecule has 24 heavy (non-hydrogen) atoms. The van der Waals surface area contributed by atoms with Crippen LogP contribution in [0.5, 0.6) is 23.3 Å². The van der Waals surface area contributed by atoms with Crippen molar-refractivity contribution in [2.75, 3.05) is 0 Å². The molecule has 0 unspecified atom stereocenters. The molecule has 0 spiro atoms. The lowest BCUT2D eigenvalue weighted by molar-refractivity contribution is 0.111. The average molecular weight is 319 g/mol. The number of aldehydes is 2. The van der Waals surface area contributed by atoms with Gasteiger partial charge >= 0.3 is 0 Å². The monoisotopic (exact) mass is 319 g/mol. The van der Waals surface area contributed by atoms with Gasteiger partial charge in [-0.15, -0.1) is 0 Å². The fourth-order valence-electron chi connectivity index (χ4n) is 1.98. The van der Waals surface area contributed by atoms with Crippen LogP contribution in [0.3, 0.4) is 0 Å². The number of hydrogen-bond donors (Lipinski definition) is 0. The highest BCUT2D eigenvalue weighted by molar-refractivity contribution is 5.75. The molecule has 1 heterocycles. The van der Waals surface area contributed by atoms with Crippen molar-refractivity contribution >= 4 is 12.6 Å². The van der Waals surface area contributed by atoms with Crippen molar-refractivity contribution in [1.82, 2.24) is 4.98 Å². The summed E-state index contributed by atoms with van der Waals surface area (Å²) in [4.78, 5) is 25.6. The highest BCUT2D eigenvalue weighted by Crippen LogP contribution is 2.24. The Labute approximate surface area is 138 Å². The van der Waals surface area contributed by atoms with Gasteiger partial charge in [0, 0.05) is 23.3 Å². The van der Waals surface area contributed by atoms with Crippen molar-refractivity contribution in [2.45, 2.75) is 0 Å². The van der Waals surface area contributed by atoms with E-state index in [0.29, 0.717) is 34.4 Å². The summed E-state index contributed by atoms with van der Waals surface area (Å²) >= 11 is 0. The zero-order valence-corrected chi connectivity index (χ0v) is 12.6. The molecule has 1 aromatic heterocycles. The number of carbonyl (C=O) groups is 2. The van der Waals surface area contributed by atoms with Crippen LogP contribution in [0, 0.1) is 0 Å². The molecule has 5 heteroatoms. The number of nitrogens with zero attached hydrogens (tertiary/aromatic N) is 1. The van der Waals surface area contributed by atoms with Crippen LogP contribution >= 0.6 is 0 Å². The van der Waals surface area contributed by atoms with Crippen molar-refractivity contribution in [3.63, 3.8) is 0 Å². The van der Waals surface area contributed by atoms with Crippen LogP contribution < -0.4 is 9.47 Å². The van der Waals surface area contributed by atoms with Gasteiger partial charge in [0.2, 0.25) is 11.8 Å². The van der Waals surface area contributed by atoms with E-state index in [1.165, 1.54) is 0 Å². The summed E-state index contributed by atoms with van der Waals surface area (Å²) in [6, 6.07) is 18.6. The van der Waals surface area contributed by atoms with E-state index in [2.05, 4.69) is 4.98 Å². The minimum Gasteiger partial charge on any atom is -0.439 e. The molecule has 0 aliphatic rings. The van der Waals surface area contributed by atoms with E-state index in [-0.39, 0.29) is 0 Å². The predicted molar refractivity (Wildman–Crippen MR) is 88.0 cm³/mol. The van der Waals surface area contributed by atoms with E-state index in [1.807, 2.05) is 0 Å². The largest absolute Gasteiger partial charge is 0.439 e. The minimum absolute atomic E-state index is 0.371. The van der Waals surface area contributed by atoms with Gasteiger partial charge in [0.15, 0.2) is 0 Å². The quantitative estimate of drug-likeness (QED) is 0.634. The number of ether oxygens (including phenoxy) is 2. The molecule has 0 atom stereocenters.